The van der Waals surface area contributed by atoms with Gasteiger partial charge in [-0.3, -0.25) is 4.90 Å². The van der Waals surface area contributed by atoms with Gasteiger partial charge in [-0.2, -0.15) is 0 Å². The summed E-state index contributed by atoms with van der Waals surface area (Å²) in [5.74, 6) is 0.985. The van der Waals surface area contributed by atoms with Gasteiger partial charge in [0.1, 0.15) is 5.76 Å². The summed E-state index contributed by atoms with van der Waals surface area (Å²) in [7, 11) is 2.17. The Hall–Kier alpha value is -0.870. The van der Waals surface area contributed by atoms with Crippen molar-refractivity contribution in [1.29, 1.82) is 0 Å². The highest BCUT2D eigenvalue weighted by molar-refractivity contribution is 5.05. The lowest BCUT2D eigenvalue weighted by Gasteiger charge is -2.31. The molecular weight excluding hydrogens is 190 g/mol. The molecule has 4 nitrogen and oxygen atoms in total. The summed E-state index contributed by atoms with van der Waals surface area (Å²) in [5, 5.41) is 4.07. The van der Waals surface area contributed by atoms with Gasteiger partial charge in [0.25, 0.3) is 0 Å². The highest BCUT2D eigenvalue weighted by atomic mass is 16.5. The van der Waals surface area contributed by atoms with Gasteiger partial charge in [-0.25, -0.2) is 0 Å². The quantitative estimate of drug-likeness (QED) is 0.743. The predicted octanol–water partition coefficient (Wildman–Crippen LogP) is 0.984. The third-order valence-corrected chi connectivity index (χ3v) is 2.94. The molecule has 0 N–H and O–H groups in total. The SMILES string of the molecule is CCc1cc(CN2CCN(C)CC2)no1. The van der Waals surface area contributed by atoms with E-state index in [-0.39, 0.29) is 0 Å². The van der Waals surface area contributed by atoms with E-state index >= 15 is 0 Å². The largest absolute Gasteiger partial charge is 0.361 e. The lowest BCUT2D eigenvalue weighted by molar-refractivity contribution is 0.145. The second-order valence-corrected chi connectivity index (χ2v) is 4.22. The number of rotatable bonds is 3. The Morgan fingerprint density at radius 1 is 1.33 bits per heavy atom. The summed E-state index contributed by atoms with van der Waals surface area (Å²) in [6.45, 7) is 7.57. The van der Waals surface area contributed by atoms with Gasteiger partial charge in [-0.1, -0.05) is 12.1 Å². The zero-order valence-electron chi connectivity index (χ0n) is 9.57. The van der Waals surface area contributed by atoms with E-state index in [0.717, 1.165) is 50.6 Å². The van der Waals surface area contributed by atoms with Gasteiger partial charge >= 0.3 is 0 Å². The van der Waals surface area contributed by atoms with Crippen LogP contribution in [0.15, 0.2) is 10.6 Å². The topological polar surface area (TPSA) is 32.5 Å². The average molecular weight is 209 g/mol. The fraction of sp³-hybridized carbons (Fsp3) is 0.727. The van der Waals surface area contributed by atoms with Crippen LogP contribution in [0.25, 0.3) is 0 Å². The van der Waals surface area contributed by atoms with E-state index < -0.39 is 0 Å². The van der Waals surface area contributed by atoms with Crippen molar-refractivity contribution in [2.45, 2.75) is 19.9 Å². The Bertz CT molecular complexity index is 303. The molecular formula is C11H19N3O. The molecule has 84 valence electrons. The van der Waals surface area contributed by atoms with Crippen molar-refractivity contribution < 1.29 is 4.52 Å². The lowest BCUT2D eigenvalue weighted by atomic mass is 10.2. The van der Waals surface area contributed by atoms with Crippen LogP contribution in [0.2, 0.25) is 0 Å². The van der Waals surface area contributed by atoms with Gasteiger partial charge in [-0.05, 0) is 7.05 Å². The predicted molar refractivity (Wildman–Crippen MR) is 58.7 cm³/mol. The van der Waals surface area contributed by atoms with Gasteiger partial charge in [0, 0.05) is 45.2 Å². The van der Waals surface area contributed by atoms with Crippen LogP contribution in [-0.2, 0) is 13.0 Å². The second kappa shape index (κ2) is 4.77. The first-order valence-electron chi connectivity index (χ1n) is 5.63. The number of hydrogen-bond acceptors (Lipinski definition) is 4. The molecule has 0 bridgehead atoms. The van der Waals surface area contributed by atoms with Crippen LogP contribution in [0.3, 0.4) is 0 Å². The minimum Gasteiger partial charge on any atom is -0.361 e. The van der Waals surface area contributed by atoms with Crippen molar-refractivity contribution in [2.24, 2.45) is 0 Å². The van der Waals surface area contributed by atoms with E-state index in [1.807, 2.05) is 0 Å². The maximum absolute atomic E-state index is 5.19. The van der Waals surface area contributed by atoms with Gasteiger partial charge < -0.3 is 9.42 Å². The molecule has 0 amide bonds. The second-order valence-electron chi connectivity index (χ2n) is 4.22. The molecule has 1 aliphatic rings. The van der Waals surface area contributed by atoms with Crippen LogP contribution < -0.4 is 0 Å². The molecule has 1 aromatic heterocycles. The molecule has 0 atom stereocenters. The first-order chi connectivity index (χ1) is 7.28. The molecule has 0 aliphatic carbocycles. The van der Waals surface area contributed by atoms with Gasteiger partial charge in [0.05, 0.1) is 5.69 Å². The lowest BCUT2D eigenvalue weighted by Crippen LogP contribution is -2.43. The minimum absolute atomic E-state index is 0.926. The standard InChI is InChI=1S/C11H19N3O/c1-3-11-8-10(12-15-11)9-14-6-4-13(2)5-7-14/h8H,3-7,9H2,1-2H3. The third kappa shape index (κ3) is 2.79. The smallest absolute Gasteiger partial charge is 0.136 e. The van der Waals surface area contributed by atoms with Crippen molar-refractivity contribution in [1.82, 2.24) is 15.0 Å². The molecule has 15 heavy (non-hydrogen) atoms. The molecule has 1 aliphatic heterocycles. The minimum atomic E-state index is 0.926. The number of aromatic nitrogens is 1. The molecule has 0 radical (unpaired) electrons. The van der Waals surface area contributed by atoms with Crippen molar-refractivity contribution in [3.05, 3.63) is 17.5 Å². The van der Waals surface area contributed by atoms with Crippen molar-refractivity contribution >= 4 is 0 Å². The number of piperazine rings is 1. The van der Waals surface area contributed by atoms with Crippen LogP contribution in [0.4, 0.5) is 0 Å². The average Bonchev–Trinajstić information content (AvgIpc) is 2.69. The number of likely N-dealkylation sites (N-methyl/N-ethyl adjacent to an activating group) is 1. The van der Waals surface area contributed by atoms with E-state index in [2.05, 4.69) is 35.0 Å². The molecule has 0 aromatic carbocycles. The maximum atomic E-state index is 5.19. The number of aryl methyl sites for hydroxylation is 1. The van der Waals surface area contributed by atoms with E-state index in [4.69, 9.17) is 4.52 Å². The van der Waals surface area contributed by atoms with Crippen LogP contribution in [-0.4, -0.2) is 48.2 Å². The fourth-order valence-corrected chi connectivity index (χ4v) is 1.83. The van der Waals surface area contributed by atoms with E-state index in [1.54, 1.807) is 0 Å². The number of hydrogen-bond donors (Lipinski definition) is 0. The highest BCUT2D eigenvalue weighted by Crippen LogP contribution is 2.09. The Kier molecular flexibility index (Phi) is 3.38. The summed E-state index contributed by atoms with van der Waals surface area (Å²) >= 11 is 0. The van der Waals surface area contributed by atoms with Crippen LogP contribution in [0.5, 0.6) is 0 Å². The normalized spacial score (nSPS) is 19.6. The monoisotopic (exact) mass is 209 g/mol. The molecule has 4 heteroatoms. The first kappa shape index (κ1) is 10.6. The molecule has 0 unspecified atom stereocenters. The summed E-state index contributed by atoms with van der Waals surface area (Å²) in [4.78, 5) is 4.79. The van der Waals surface area contributed by atoms with Crippen molar-refractivity contribution in [3.8, 4) is 0 Å². The first-order valence-corrected chi connectivity index (χ1v) is 5.63. The molecule has 2 heterocycles. The fourth-order valence-electron chi connectivity index (χ4n) is 1.83. The Labute approximate surface area is 90.8 Å². The Morgan fingerprint density at radius 3 is 2.67 bits per heavy atom. The Morgan fingerprint density at radius 2 is 2.07 bits per heavy atom. The summed E-state index contributed by atoms with van der Waals surface area (Å²) in [5.41, 5.74) is 1.07. The molecule has 1 saturated heterocycles. The van der Waals surface area contributed by atoms with Gasteiger partial charge in [0.15, 0.2) is 0 Å². The highest BCUT2D eigenvalue weighted by Gasteiger charge is 2.15. The van der Waals surface area contributed by atoms with E-state index in [1.165, 1.54) is 0 Å². The molecule has 2 rings (SSSR count). The number of nitrogens with zero attached hydrogens (tertiary/aromatic N) is 3. The van der Waals surface area contributed by atoms with Crippen molar-refractivity contribution in [3.63, 3.8) is 0 Å². The molecule has 1 fully saturated rings. The maximum Gasteiger partial charge on any atom is 0.136 e. The van der Waals surface area contributed by atoms with Crippen LogP contribution in [0.1, 0.15) is 18.4 Å². The molecule has 0 saturated carbocycles. The molecule has 1 aromatic rings. The zero-order valence-corrected chi connectivity index (χ0v) is 9.57. The van der Waals surface area contributed by atoms with E-state index in [0.29, 0.717) is 0 Å². The summed E-state index contributed by atoms with van der Waals surface area (Å²) < 4.78 is 5.19. The molecule has 0 spiro atoms. The zero-order chi connectivity index (χ0) is 10.7. The van der Waals surface area contributed by atoms with Gasteiger partial charge in [0.2, 0.25) is 0 Å². The van der Waals surface area contributed by atoms with Crippen molar-refractivity contribution in [2.75, 3.05) is 33.2 Å². The summed E-state index contributed by atoms with van der Waals surface area (Å²) in [6.07, 6.45) is 0.926. The van der Waals surface area contributed by atoms with Crippen LogP contribution in [0, 0.1) is 0 Å². The van der Waals surface area contributed by atoms with E-state index in [9.17, 15) is 0 Å². The third-order valence-electron chi connectivity index (χ3n) is 2.94. The van der Waals surface area contributed by atoms with Gasteiger partial charge in [-0.15, -0.1) is 0 Å². The Balaban J connectivity index is 1.86. The summed E-state index contributed by atoms with van der Waals surface area (Å²) in [6, 6.07) is 2.07. The van der Waals surface area contributed by atoms with Crippen LogP contribution >= 0.6 is 0 Å².